The molecule has 18 heavy (non-hydrogen) atoms. The van der Waals surface area contributed by atoms with Gasteiger partial charge in [-0.3, -0.25) is 0 Å². The lowest BCUT2D eigenvalue weighted by Crippen LogP contribution is -2.09. The van der Waals surface area contributed by atoms with Gasteiger partial charge in [-0.25, -0.2) is 4.79 Å². The first-order valence-corrected chi connectivity index (χ1v) is 6.49. The van der Waals surface area contributed by atoms with Crippen molar-refractivity contribution in [2.24, 2.45) is 5.73 Å². The van der Waals surface area contributed by atoms with Crippen LogP contribution < -0.4 is 11.4 Å². The van der Waals surface area contributed by atoms with Crippen LogP contribution in [0.4, 0.5) is 0 Å². The van der Waals surface area contributed by atoms with Crippen LogP contribution in [-0.4, -0.2) is 9.97 Å². The molecule has 0 aliphatic rings. The van der Waals surface area contributed by atoms with Crippen LogP contribution in [0.15, 0.2) is 35.1 Å². The first-order valence-electron chi connectivity index (χ1n) is 5.67. The molecule has 1 aromatic carbocycles. The van der Waals surface area contributed by atoms with Gasteiger partial charge in [-0.15, -0.1) is 11.3 Å². The quantitative estimate of drug-likeness (QED) is 0.660. The van der Waals surface area contributed by atoms with Gasteiger partial charge in [-0.2, -0.15) is 0 Å². The number of aromatic nitrogens is 2. The van der Waals surface area contributed by atoms with Gasteiger partial charge >= 0.3 is 5.69 Å². The maximum Gasteiger partial charge on any atom is 0.323 e. The fourth-order valence-electron chi connectivity index (χ4n) is 2.03. The average Bonchev–Trinajstić information content (AvgIpc) is 2.92. The molecule has 0 aliphatic carbocycles. The number of imidazole rings is 1. The minimum atomic E-state index is -0.192. The Morgan fingerprint density at radius 2 is 1.94 bits per heavy atom. The highest BCUT2D eigenvalue weighted by atomic mass is 32.1. The Morgan fingerprint density at radius 1 is 1.17 bits per heavy atom. The second kappa shape index (κ2) is 4.12. The van der Waals surface area contributed by atoms with E-state index in [2.05, 4.69) is 29.0 Å². The number of nitrogens with two attached hydrogens (primary N) is 1. The number of benzene rings is 1. The molecule has 4 nitrogen and oxygen atoms in total. The smallest absolute Gasteiger partial charge is 0.320 e. The van der Waals surface area contributed by atoms with Gasteiger partial charge in [0.05, 0.1) is 17.1 Å². The van der Waals surface area contributed by atoms with E-state index in [4.69, 9.17) is 5.73 Å². The van der Waals surface area contributed by atoms with Crippen LogP contribution in [0.3, 0.4) is 0 Å². The van der Waals surface area contributed by atoms with Crippen LogP contribution in [0.25, 0.3) is 11.0 Å². The van der Waals surface area contributed by atoms with Crippen molar-refractivity contribution in [3.05, 3.63) is 56.1 Å². The maximum atomic E-state index is 11.2. The average molecular weight is 259 g/mol. The summed E-state index contributed by atoms with van der Waals surface area (Å²) < 4.78 is 0. The van der Waals surface area contributed by atoms with Gasteiger partial charge in [0.1, 0.15) is 0 Å². The van der Waals surface area contributed by atoms with E-state index in [0.717, 1.165) is 21.5 Å². The molecule has 0 amide bonds. The lowest BCUT2D eigenvalue weighted by molar-refractivity contribution is 0.895. The fraction of sp³-hybridized carbons (Fsp3) is 0.154. The molecular weight excluding hydrogens is 246 g/mol. The number of hydrogen-bond donors (Lipinski definition) is 3. The number of H-pyrrole nitrogens is 2. The first kappa shape index (κ1) is 11.3. The molecule has 0 saturated heterocycles. The molecule has 0 spiro atoms. The Labute approximate surface area is 107 Å². The summed E-state index contributed by atoms with van der Waals surface area (Å²) in [7, 11) is 0. The predicted octanol–water partition coefficient (Wildman–Crippen LogP) is 2.27. The van der Waals surface area contributed by atoms with Gasteiger partial charge in [0, 0.05) is 9.75 Å². The van der Waals surface area contributed by atoms with Crippen molar-refractivity contribution in [2.45, 2.75) is 13.0 Å². The van der Waals surface area contributed by atoms with Crippen molar-refractivity contribution in [1.29, 1.82) is 0 Å². The van der Waals surface area contributed by atoms with Crippen LogP contribution in [0, 0.1) is 6.92 Å². The lowest BCUT2D eigenvalue weighted by Gasteiger charge is -2.09. The summed E-state index contributed by atoms with van der Waals surface area (Å²) >= 11 is 1.70. The normalized spacial score (nSPS) is 13.0. The van der Waals surface area contributed by atoms with Crippen LogP contribution >= 0.6 is 11.3 Å². The minimum Gasteiger partial charge on any atom is -0.320 e. The molecule has 1 atom stereocenters. The van der Waals surface area contributed by atoms with E-state index in [-0.39, 0.29) is 11.7 Å². The Balaban J connectivity index is 2.05. The number of thiophene rings is 1. The first-order chi connectivity index (χ1) is 8.63. The lowest BCUT2D eigenvalue weighted by atomic mass is 10.1. The number of fused-ring (bicyclic) bond motifs is 1. The van der Waals surface area contributed by atoms with Crippen molar-refractivity contribution in [3.63, 3.8) is 0 Å². The second-order valence-electron chi connectivity index (χ2n) is 4.31. The molecule has 0 aliphatic heterocycles. The third-order valence-corrected chi connectivity index (χ3v) is 4.05. The van der Waals surface area contributed by atoms with Gasteiger partial charge in [-0.05, 0) is 36.8 Å². The zero-order chi connectivity index (χ0) is 12.7. The Hall–Kier alpha value is -1.85. The molecule has 92 valence electrons. The highest BCUT2D eigenvalue weighted by molar-refractivity contribution is 7.12. The highest BCUT2D eigenvalue weighted by Crippen LogP contribution is 2.27. The molecule has 0 fully saturated rings. The number of aromatic amines is 2. The summed E-state index contributed by atoms with van der Waals surface area (Å²) in [6.07, 6.45) is 0. The van der Waals surface area contributed by atoms with Crippen molar-refractivity contribution < 1.29 is 0 Å². The van der Waals surface area contributed by atoms with E-state index in [9.17, 15) is 4.79 Å². The summed E-state index contributed by atoms with van der Waals surface area (Å²) in [6, 6.07) is 9.72. The molecule has 0 radical (unpaired) electrons. The summed E-state index contributed by atoms with van der Waals surface area (Å²) in [5, 5.41) is 0. The standard InChI is InChI=1S/C13H13N3OS/c1-7-2-5-11(18-7)12(14)8-3-4-9-10(6-8)16-13(17)15-9/h2-6,12H,14H2,1H3,(H2,15,16,17). The van der Waals surface area contributed by atoms with Crippen molar-refractivity contribution in [3.8, 4) is 0 Å². The van der Waals surface area contributed by atoms with Crippen molar-refractivity contribution in [1.82, 2.24) is 9.97 Å². The Kier molecular flexibility index (Phi) is 2.57. The van der Waals surface area contributed by atoms with Crippen molar-refractivity contribution >= 4 is 22.4 Å². The van der Waals surface area contributed by atoms with Gasteiger partial charge in [0.2, 0.25) is 0 Å². The number of nitrogens with one attached hydrogen (secondary N) is 2. The molecular formula is C13H13N3OS. The van der Waals surface area contributed by atoms with Crippen molar-refractivity contribution in [2.75, 3.05) is 0 Å². The number of aryl methyl sites for hydroxylation is 1. The minimum absolute atomic E-state index is 0.147. The SMILES string of the molecule is Cc1ccc(C(N)c2ccc3[nH]c(=O)[nH]c3c2)s1. The molecule has 4 N–H and O–H groups in total. The summed E-state index contributed by atoms with van der Waals surface area (Å²) in [5.41, 5.74) is 8.64. The second-order valence-corrected chi connectivity index (χ2v) is 5.63. The van der Waals surface area contributed by atoms with Crippen LogP contribution in [0.1, 0.15) is 21.4 Å². The van der Waals surface area contributed by atoms with Gasteiger partial charge < -0.3 is 15.7 Å². The van der Waals surface area contributed by atoms with Crippen LogP contribution in [0.5, 0.6) is 0 Å². The van der Waals surface area contributed by atoms with Crippen LogP contribution in [0.2, 0.25) is 0 Å². The zero-order valence-corrected chi connectivity index (χ0v) is 10.7. The monoisotopic (exact) mass is 259 g/mol. The summed E-state index contributed by atoms with van der Waals surface area (Å²) in [5.74, 6) is 0. The van der Waals surface area contributed by atoms with E-state index in [0.29, 0.717) is 0 Å². The van der Waals surface area contributed by atoms with Gasteiger partial charge in [0.25, 0.3) is 0 Å². The van der Waals surface area contributed by atoms with E-state index in [1.54, 1.807) is 11.3 Å². The molecule has 3 aromatic rings. The third-order valence-electron chi connectivity index (χ3n) is 2.97. The van der Waals surface area contributed by atoms with E-state index >= 15 is 0 Å². The summed E-state index contributed by atoms with van der Waals surface area (Å²) in [4.78, 5) is 19.0. The van der Waals surface area contributed by atoms with Gasteiger partial charge in [0.15, 0.2) is 0 Å². The molecule has 0 bridgehead atoms. The topological polar surface area (TPSA) is 74.7 Å². The number of hydrogen-bond acceptors (Lipinski definition) is 3. The Bertz CT molecular complexity index is 753. The molecule has 1 unspecified atom stereocenters. The molecule has 2 aromatic heterocycles. The van der Waals surface area contributed by atoms with Gasteiger partial charge in [-0.1, -0.05) is 6.07 Å². The number of rotatable bonds is 2. The largest absolute Gasteiger partial charge is 0.323 e. The van der Waals surface area contributed by atoms with E-state index in [1.165, 1.54) is 4.88 Å². The molecule has 5 heteroatoms. The Morgan fingerprint density at radius 3 is 2.67 bits per heavy atom. The molecule has 2 heterocycles. The maximum absolute atomic E-state index is 11.2. The van der Waals surface area contributed by atoms with E-state index in [1.807, 2.05) is 18.2 Å². The molecule has 0 saturated carbocycles. The third kappa shape index (κ3) is 1.87. The zero-order valence-electron chi connectivity index (χ0n) is 9.86. The fourth-order valence-corrected chi connectivity index (χ4v) is 2.94. The summed E-state index contributed by atoms with van der Waals surface area (Å²) in [6.45, 7) is 2.06. The highest BCUT2D eigenvalue weighted by Gasteiger charge is 2.12. The predicted molar refractivity (Wildman–Crippen MR) is 74.0 cm³/mol. The van der Waals surface area contributed by atoms with E-state index < -0.39 is 0 Å². The molecule has 3 rings (SSSR count). The van der Waals surface area contributed by atoms with Crippen LogP contribution in [-0.2, 0) is 0 Å².